The first-order valence-electron chi connectivity index (χ1n) is 8.42. The molecule has 0 aromatic heterocycles. The van der Waals surface area contributed by atoms with Crippen LogP contribution in [0.25, 0.3) is 0 Å². The molecule has 1 aliphatic rings. The summed E-state index contributed by atoms with van der Waals surface area (Å²) >= 11 is 6.12. The Labute approximate surface area is 148 Å². The van der Waals surface area contributed by atoms with Gasteiger partial charge >= 0.3 is 0 Å². The molecule has 0 radical (unpaired) electrons. The zero-order valence-corrected chi connectivity index (χ0v) is 15.0. The summed E-state index contributed by atoms with van der Waals surface area (Å²) < 4.78 is 12.1. The van der Waals surface area contributed by atoms with Gasteiger partial charge in [0.25, 0.3) is 0 Å². The second-order valence-corrected chi connectivity index (χ2v) is 6.70. The summed E-state index contributed by atoms with van der Waals surface area (Å²) in [5, 5.41) is 19.3. The van der Waals surface area contributed by atoms with E-state index < -0.39 is 5.79 Å². The predicted octanol–water partition coefficient (Wildman–Crippen LogP) is 3.56. The van der Waals surface area contributed by atoms with Gasteiger partial charge in [0.1, 0.15) is 0 Å². The van der Waals surface area contributed by atoms with Gasteiger partial charge in [-0.05, 0) is 57.7 Å². The monoisotopic (exact) mass is 355 g/mol. The number of aliphatic imine (C=N–C) groups is 1. The Morgan fingerprint density at radius 1 is 1.08 bits per heavy atom. The third kappa shape index (κ3) is 5.26. The molecular formula is C18H26ClNO4. The lowest BCUT2D eigenvalue weighted by atomic mass is 10.1. The number of aliphatic hydroxyl groups is 2. The number of rotatable bonds is 10. The van der Waals surface area contributed by atoms with Gasteiger partial charge in [0, 0.05) is 10.6 Å². The largest absolute Gasteiger partial charge is 0.393 e. The SMILES string of the molecule is CC(O)CCCOC1(OCCCC(C)O)C=Nc2ccc(Cl)cc21. The average Bonchev–Trinajstić information content (AvgIpc) is 2.87. The number of nitrogens with zero attached hydrogens (tertiary/aromatic N) is 1. The molecule has 134 valence electrons. The molecule has 2 N–H and O–H groups in total. The molecule has 2 rings (SSSR count). The van der Waals surface area contributed by atoms with Gasteiger partial charge < -0.3 is 19.7 Å². The van der Waals surface area contributed by atoms with Gasteiger partial charge in [-0.1, -0.05) is 11.6 Å². The highest BCUT2D eigenvalue weighted by atomic mass is 35.5. The van der Waals surface area contributed by atoms with Gasteiger partial charge in [-0.3, -0.25) is 4.99 Å². The van der Waals surface area contributed by atoms with E-state index in [-0.39, 0.29) is 12.2 Å². The van der Waals surface area contributed by atoms with E-state index >= 15 is 0 Å². The molecule has 0 saturated carbocycles. The van der Waals surface area contributed by atoms with Crippen LogP contribution >= 0.6 is 11.6 Å². The molecule has 24 heavy (non-hydrogen) atoms. The second kappa shape index (κ2) is 8.92. The molecule has 2 atom stereocenters. The van der Waals surface area contributed by atoms with Gasteiger partial charge in [-0.15, -0.1) is 0 Å². The van der Waals surface area contributed by atoms with Crippen LogP contribution in [0.5, 0.6) is 0 Å². The molecule has 1 heterocycles. The van der Waals surface area contributed by atoms with Crippen LogP contribution in [0.3, 0.4) is 0 Å². The average molecular weight is 356 g/mol. The normalized spacial score (nSPS) is 21.7. The van der Waals surface area contributed by atoms with E-state index in [1.165, 1.54) is 0 Å². The lowest BCUT2D eigenvalue weighted by Gasteiger charge is -2.28. The first kappa shape index (κ1) is 19.3. The zero-order chi connectivity index (χ0) is 17.6. The molecule has 6 heteroatoms. The minimum absolute atomic E-state index is 0.351. The third-order valence-electron chi connectivity index (χ3n) is 3.87. The molecular weight excluding hydrogens is 330 g/mol. The van der Waals surface area contributed by atoms with Crippen molar-refractivity contribution in [1.82, 2.24) is 0 Å². The fourth-order valence-corrected chi connectivity index (χ4v) is 2.77. The molecule has 2 unspecified atom stereocenters. The van der Waals surface area contributed by atoms with Gasteiger partial charge in [0.05, 0.1) is 37.3 Å². The first-order chi connectivity index (χ1) is 11.4. The highest BCUT2D eigenvalue weighted by molar-refractivity contribution is 6.30. The summed E-state index contributed by atoms with van der Waals surface area (Å²) in [6, 6.07) is 5.44. The molecule has 0 aliphatic carbocycles. The first-order valence-corrected chi connectivity index (χ1v) is 8.80. The maximum absolute atomic E-state index is 9.37. The summed E-state index contributed by atoms with van der Waals surface area (Å²) in [4.78, 5) is 4.39. The highest BCUT2D eigenvalue weighted by Gasteiger charge is 2.39. The number of halogens is 1. The van der Waals surface area contributed by atoms with Gasteiger partial charge in [-0.25, -0.2) is 0 Å². The van der Waals surface area contributed by atoms with Crippen molar-refractivity contribution < 1.29 is 19.7 Å². The lowest BCUT2D eigenvalue weighted by Crippen LogP contribution is -2.34. The van der Waals surface area contributed by atoms with E-state index in [1.807, 2.05) is 12.1 Å². The summed E-state index contributed by atoms with van der Waals surface area (Å²) in [6.45, 7) is 4.40. The second-order valence-electron chi connectivity index (χ2n) is 6.27. The van der Waals surface area contributed by atoms with Crippen molar-refractivity contribution in [2.75, 3.05) is 13.2 Å². The summed E-state index contributed by atoms with van der Waals surface area (Å²) in [7, 11) is 0. The van der Waals surface area contributed by atoms with Crippen molar-refractivity contribution >= 4 is 23.5 Å². The number of hydrogen-bond donors (Lipinski definition) is 2. The van der Waals surface area contributed by atoms with E-state index in [2.05, 4.69) is 4.99 Å². The molecule has 1 aromatic carbocycles. The molecule has 0 spiro atoms. The van der Waals surface area contributed by atoms with Crippen LogP contribution in [0, 0.1) is 0 Å². The quantitative estimate of drug-likeness (QED) is 0.497. The van der Waals surface area contributed by atoms with E-state index in [4.69, 9.17) is 21.1 Å². The lowest BCUT2D eigenvalue weighted by molar-refractivity contribution is -0.193. The molecule has 0 bridgehead atoms. The number of hydrogen-bond acceptors (Lipinski definition) is 5. The Bertz CT molecular complexity index is 544. The zero-order valence-electron chi connectivity index (χ0n) is 14.2. The topological polar surface area (TPSA) is 71.3 Å². The Kier molecular flexibility index (Phi) is 7.19. The maximum Gasteiger partial charge on any atom is 0.235 e. The molecule has 0 saturated heterocycles. The standard InChI is InChI=1S/C18H26ClNO4/c1-13(21)5-3-9-23-18(24-10-4-6-14(2)22)12-20-17-8-7-15(19)11-16(17)18/h7-8,11-14,21-22H,3-6,9-10H2,1-2H3. The number of benzene rings is 1. The Morgan fingerprint density at radius 3 is 2.21 bits per heavy atom. The van der Waals surface area contributed by atoms with Crippen LogP contribution in [0.1, 0.15) is 45.1 Å². The van der Waals surface area contributed by atoms with Crippen molar-refractivity contribution in [1.29, 1.82) is 0 Å². The van der Waals surface area contributed by atoms with Crippen molar-refractivity contribution in [3.63, 3.8) is 0 Å². The van der Waals surface area contributed by atoms with Crippen LogP contribution in [0.4, 0.5) is 5.69 Å². The van der Waals surface area contributed by atoms with E-state index in [0.717, 1.165) is 24.1 Å². The van der Waals surface area contributed by atoms with Crippen molar-refractivity contribution in [2.45, 2.75) is 57.5 Å². The molecule has 0 amide bonds. The van der Waals surface area contributed by atoms with Gasteiger partial charge in [0.2, 0.25) is 5.79 Å². The van der Waals surface area contributed by atoms with Crippen LogP contribution in [-0.4, -0.2) is 41.8 Å². The molecule has 1 aliphatic heterocycles. The highest BCUT2D eigenvalue weighted by Crippen LogP contribution is 2.40. The number of ether oxygens (including phenoxy) is 2. The molecule has 1 aromatic rings. The Balaban J connectivity index is 2.06. The maximum atomic E-state index is 9.37. The van der Waals surface area contributed by atoms with Crippen LogP contribution in [0.2, 0.25) is 5.02 Å². The predicted molar refractivity (Wildman–Crippen MR) is 95.0 cm³/mol. The van der Waals surface area contributed by atoms with Crippen LogP contribution < -0.4 is 0 Å². The minimum atomic E-state index is -1.04. The molecule has 5 nitrogen and oxygen atoms in total. The molecule has 0 fully saturated rings. The van der Waals surface area contributed by atoms with Crippen molar-refractivity contribution in [2.24, 2.45) is 4.99 Å². The smallest absolute Gasteiger partial charge is 0.235 e. The van der Waals surface area contributed by atoms with E-state index in [9.17, 15) is 10.2 Å². The van der Waals surface area contributed by atoms with Crippen molar-refractivity contribution in [3.8, 4) is 0 Å². The van der Waals surface area contributed by atoms with E-state index in [1.54, 1.807) is 26.1 Å². The van der Waals surface area contributed by atoms with Gasteiger partial charge in [-0.2, -0.15) is 0 Å². The fraction of sp³-hybridized carbons (Fsp3) is 0.611. The summed E-state index contributed by atoms with van der Waals surface area (Å²) in [5.74, 6) is -1.04. The fourth-order valence-electron chi connectivity index (χ4n) is 2.60. The van der Waals surface area contributed by atoms with Crippen LogP contribution in [-0.2, 0) is 15.3 Å². The van der Waals surface area contributed by atoms with Crippen molar-refractivity contribution in [3.05, 3.63) is 28.8 Å². The number of aliphatic hydroxyl groups excluding tert-OH is 2. The summed E-state index contributed by atoms with van der Waals surface area (Å²) in [5.41, 5.74) is 1.58. The number of fused-ring (bicyclic) bond motifs is 1. The van der Waals surface area contributed by atoms with E-state index in [0.29, 0.717) is 31.1 Å². The summed E-state index contributed by atoms with van der Waals surface area (Å²) in [6.07, 6.45) is 3.74. The van der Waals surface area contributed by atoms with Crippen LogP contribution in [0.15, 0.2) is 23.2 Å². The van der Waals surface area contributed by atoms with Gasteiger partial charge in [0.15, 0.2) is 0 Å². The Hall–Kier alpha value is -0.980. The Morgan fingerprint density at radius 2 is 1.67 bits per heavy atom. The third-order valence-corrected chi connectivity index (χ3v) is 4.11. The minimum Gasteiger partial charge on any atom is -0.393 e.